The smallest absolute Gasteiger partial charge is 0.179 e. The molecular formula is C12H17BrO3S2. The Kier molecular flexibility index (Phi) is 6.70. The maximum atomic E-state index is 12.0. The summed E-state index contributed by atoms with van der Waals surface area (Å²) in [5.74, 6) is 1.69. The van der Waals surface area contributed by atoms with Crippen molar-refractivity contribution in [3.63, 3.8) is 0 Å². The molecule has 0 amide bonds. The summed E-state index contributed by atoms with van der Waals surface area (Å²) in [5.41, 5.74) is 0. The first kappa shape index (κ1) is 16.0. The Labute approximate surface area is 121 Å². The average molecular weight is 353 g/mol. The zero-order valence-electron chi connectivity index (χ0n) is 10.2. The van der Waals surface area contributed by atoms with Gasteiger partial charge in [-0.3, -0.25) is 0 Å². The Morgan fingerprint density at radius 3 is 2.50 bits per heavy atom. The lowest BCUT2D eigenvalue weighted by Gasteiger charge is -2.07. The summed E-state index contributed by atoms with van der Waals surface area (Å²) in [4.78, 5) is 0.363. The van der Waals surface area contributed by atoms with Crippen LogP contribution in [0.5, 0.6) is 0 Å². The van der Waals surface area contributed by atoms with E-state index in [4.69, 9.17) is 5.11 Å². The van der Waals surface area contributed by atoms with Crippen LogP contribution in [-0.4, -0.2) is 37.4 Å². The molecule has 0 radical (unpaired) electrons. The van der Waals surface area contributed by atoms with Gasteiger partial charge >= 0.3 is 0 Å². The second-order valence-corrected chi connectivity index (χ2v) is 8.31. The van der Waals surface area contributed by atoms with Gasteiger partial charge in [0.25, 0.3) is 0 Å². The number of hydrogen-bond donors (Lipinski definition) is 1. The summed E-state index contributed by atoms with van der Waals surface area (Å²) in [5, 5.41) is 8.86. The molecule has 0 fully saturated rings. The van der Waals surface area contributed by atoms with Crippen LogP contribution in [0.1, 0.15) is 6.92 Å². The molecular weight excluding hydrogens is 336 g/mol. The van der Waals surface area contributed by atoms with E-state index in [9.17, 15) is 8.42 Å². The lowest BCUT2D eigenvalue weighted by Crippen LogP contribution is -2.11. The maximum absolute atomic E-state index is 12.0. The van der Waals surface area contributed by atoms with Crippen molar-refractivity contribution >= 4 is 37.5 Å². The van der Waals surface area contributed by atoms with Crippen LogP contribution in [0.4, 0.5) is 0 Å². The van der Waals surface area contributed by atoms with E-state index < -0.39 is 9.84 Å². The van der Waals surface area contributed by atoms with Gasteiger partial charge in [-0.1, -0.05) is 22.9 Å². The molecule has 1 rings (SSSR count). The Bertz CT molecular complexity index is 457. The largest absolute Gasteiger partial charge is 0.396 e. The van der Waals surface area contributed by atoms with E-state index in [2.05, 4.69) is 15.9 Å². The van der Waals surface area contributed by atoms with Crippen LogP contribution in [-0.2, 0) is 9.84 Å². The summed E-state index contributed by atoms with van der Waals surface area (Å²) < 4.78 is 24.8. The van der Waals surface area contributed by atoms with Crippen LogP contribution >= 0.6 is 27.7 Å². The zero-order chi connectivity index (χ0) is 13.6. The van der Waals surface area contributed by atoms with Crippen molar-refractivity contribution < 1.29 is 13.5 Å². The highest BCUT2D eigenvalue weighted by atomic mass is 79.9. The molecule has 1 aromatic rings. The van der Waals surface area contributed by atoms with Gasteiger partial charge in [-0.25, -0.2) is 8.42 Å². The lowest BCUT2D eigenvalue weighted by molar-refractivity contribution is 0.250. The molecule has 0 aliphatic rings. The van der Waals surface area contributed by atoms with Crippen LogP contribution < -0.4 is 0 Å². The summed E-state index contributed by atoms with van der Waals surface area (Å²) >= 11 is 4.84. The number of hydrogen-bond acceptors (Lipinski definition) is 4. The molecule has 1 unspecified atom stereocenters. The van der Waals surface area contributed by atoms with E-state index in [1.165, 1.54) is 0 Å². The number of sulfone groups is 1. The summed E-state index contributed by atoms with van der Waals surface area (Å²) in [6.45, 7) is 2.09. The molecule has 1 atom stereocenters. The van der Waals surface area contributed by atoms with E-state index in [1.807, 2.05) is 6.92 Å². The molecule has 1 N–H and O–H groups in total. The SMILES string of the molecule is CC(CO)CSCCS(=O)(=O)c1ccc(Br)cc1. The van der Waals surface area contributed by atoms with Crippen molar-refractivity contribution in [2.75, 3.05) is 23.9 Å². The first-order chi connectivity index (χ1) is 8.45. The molecule has 0 heterocycles. The van der Waals surface area contributed by atoms with Gasteiger partial charge in [0.2, 0.25) is 0 Å². The van der Waals surface area contributed by atoms with Crippen molar-refractivity contribution in [1.29, 1.82) is 0 Å². The highest BCUT2D eigenvalue weighted by Crippen LogP contribution is 2.17. The standard InChI is InChI=1S/C12H17BrO3S2/c1-10(8-14)9-17-6-7-18(15,16)12-4-2-11(13)3-5-12/h2-5,10,14H,6-9H2,1H3. The predicted molar refractivity (Wildman–Crippen MR) is 79.8 cm³/mol. The molecule has 6 heteroatoms. The third-order valence-corrected chi connectivity index (χ3v) is 6.20. The third-order valence-electron chi connectivity index (χ3n) is 2.38. The minimum Gasteiger partial charge on any atom is -0.396 e. The van der Waals surface area contributed by atoms with Crippen molar-refractivity contribution in [2.24, 2.45) is 5.92 Å². The summed E-state index contributed by atoms with van der Waals surface area (Å²) in [6, 6.07) is 6.68. The fourth-order valence-electron chi connectivity index (χ4n) is 1.27. The minimum absolute atomic E-state index is 0.136. The van der Waals surface area contributed by atoms with Crippen LogP contribution in [0.2, 0.25) is 0 Å². The molecule has 0 saturated heterocycles. The topological polar surface area (TPSA) is 54.4 Å². The number of halogens is 1. The van der Waals surface area contributed by atoms with Gasteiger partial charge in [-0.15, -0.1) is 0 Å². The molecule has 1 aromatic carbocycles. The Balaban J connectivity index is 2.48. The number of benzene rings is 1. The monoisotopic (exact) mass is 352 g/mol. The molecule has 0 bridgehead atoms. The van der Waals surface area contributed by atoms with E-state index in [0.29, 0.717) is 10.6 Å². The number of rotatable bonds is 7. The van der Waals surface area contributed by atoms with Gasteiger partial charge in [0, 0.05) is 16.8 Å². The third kappa shape index (κ3) is 5.30. The normalized spacial score (nSPS) is 13.5. The molecule has 0 saturated carbocycles. The van der Waals surface area contributed by atoms with Crippen molar-refractivity contribution in [3.05, 3.63) is 28.7 Å². The van der Waals surface area contributed by atoms with Gasteiger partial charge in [0.05, 0.1) is 10.6 Å². The van der Waals surface area contributed by atoms with E-state index in [-0.39, 0.29) is 18.3 Å². The molecule has 3 nitrogen and oxygen atoms in total. The quantitative estimate of drug-likeness (QED) is 0.766. The second-order valence-electron chi connectivity index (χ2n) is 4.14. The van der Waals surface area contributed by atoms with Crippen LogP contribution in [0, 0.1) is 5.92 Å². The molecule has 0 spiro atoms. The molecule has 0 aliphatic heterocycles. The van der Waals surface area contributed by atoms with Crippen LogP contribution in [0.3, 0.4) is 0 Å². The molecule has 18 heavy (non-hydrogen) atoms. The molecule has 0 aromatic heterocycles. The number of thioether (sulfide) groups is 1. The van der Waals surface area contributed by atoms with E-state index >= 15 is 0 Å². The first-order valence-electron chi connectivity index (χ1n) is 5.62. The highest BCUT2D eigenvalue weighted by molar-refractivity contribution is 9.10. The van der Waals surface area contributed by atoms with E-state index in [1.54, 1.807) is 36.0 Å². The Hall–Kier alpha value is -0.0400. The van der Waals surface area contributed by atoms with Crippen molar-refractivity contribution in [3.8, 4) is 0 Å². The summed E-state index contributed by atoms with van der Waals surface area (Å²) in [7, 11) is -3.19. The van der Waals surface area contributed by atoms with Gasteiger partial charge in [-0.2, -0.15) is 11.8 Å². The summed E-state index contributed by atoms with van der Waals surface area (Å²) in [6.07, 6.45) is 0. The molecule has 0 aliphatic carbocycles. The van der Waals surface area contributed by atoms with Gasteiger partial charge in [0.15, 0.2) is 9.84 Å². The Morgan fingerprint density at radius 2 is 1.94 bits per heavy atom. The van der Waals surface area contributed by atoms with Crippen molar-refractivity contribution in [1.82, 2.24) is 0 Å². The highest BCUT2D eigenvalue weighted by Gasteiger charge is 2.14. The number of aliphatic hydroxyl groups is 1. The second kappa shape index (κ2) is 7.53. The fraction of sp³-hybridized carbons (Fsp3) is 0.500. The minimum atomic E-state index is -3.19. The van der Waals surface area contributed by atoms with Crippen LogP contribution in [0.15, 0.2) is 33.6 Å². The zero-order valence-corrected chi connectivity index (χ0v) is 13.4. The average Bonchev–Trinajstić information content (AvgIpc) is 2.35. The van der Waals surface area contributed by atoms with E-state index in [0.717, 1.165) is 10.2 Å². The van der Waals surface area contributed by atoms with Crippen LogP contribution in [0.25, 0.3) is 0 Å². The van der Waals surface area contributed by atoms with Crippen molar-refractivity contribution in [2.45, 2.75) is 11.8 Å². The maximum Gasteiger partial charge on any atom is 0.179 e. The fourth-order valence-corrected chi connectivity index (χ4v) is 4.34. The lowest BCUT2D eigenvalue weighted by atomic mass is 10.2. The first-order valence-corrected chi connectivity index (χ1v) is 9.22. The molecule has 102 valence electrons. The van der Waals surface area contributed by atoms with Gasteiger partial charge in [-0.05, 0) is 35.9 Å². The number of aliphatic hydroxyl groups excluding tert-OH is 1. The Morgan fingerprint density at radius 1 is 1.33 bits per heavy atom. The van der Waals surface area contributed by atoms with Gasteiger partial charge in [0.1, 0.15) is 0 Å². The predicted octanol–water partition coefficient (Wildman–Crippen LogP) is 2.58. The van der Waals surface area contributed by atoms with Gasteiger partial charge < -0.3 is 5.11 Å².